The molecule has 3 nitrogen and oxygen atoms in total. The van der Waals surface area contributed by atoms with Crippen LogP contribution in [0, 0.1) is 5.82 Å². The third-order valence-electron chi connectivity index (χ3n) is 2.35. The zero-order valence-electron chi connectivity index (χ0n) is 8.94. The summed E-state index contributed by atoms with van der Waals surface area (Å²) in [5, 5.41) is 7.26. The van der Waals surface area contributed by atoms with Crippen molar-refractivity contribution in [2.75, 3.05) is 6.54 Å². The molecule has 0 aliphatic carbocycles. The smallest absolute Gasteiger partial charge is 0.127 e. The van der Waals surface area contributed by atoms with Crippen LogP contribution in [0.5, 0.6) is 0 Å². The Labute approximate surface area is 93.9 Å². The molecule has 0 aliphatic rings. The molecule has 0 bridgehead atoms. The Morgan fingerprint density at radius 1 is 1.25 bits per heavy atom. The Kier molecular flexibility index (Phi) is 3.66. The molecule has 0 aliphatic heterocycles. The van der Waals surface area contributed by atoms with Crippen molar-refractivity contribution in [2.45, 2.75) is 13.1 Å². The largest absolute Gasteiger partial charge is 0.311 e. The third-order valence-corrected chi connectivity index (χ3v) is 2.35. The minimum Gasteiger partial charge on any atom is -0.311 e. The van der Waals surface area contributed by atoms with Crippen LogP contribution in [0.15, 0.2) is 42.7 Å². The van der Waals surface area contributed by atoms with Gasteiger partial charge < -0.3 is 5.32 Å². The van der Waals surface area contributed by atoms with E-state index in [1.807, 2.05) is 23.0 Å². The lowest BCUT2D eigenvalue weighted by Crippen LogP contribution is -2.20. The number of rotatable bonds is 5. The van der Waals surface area contributed by atoms with Crippen LogP contribution in [0.3, 0.4) is 0 Å². The van der Waals surface area contributed by atoms with Gasteiger partial charge in [-0.3, -0.25) is 4.68 Å². The molecule has 0 atom stereocenters. The van der Waals surface area contributed by atoms with Crippen molar-refractivity contribution < 1.29 is 4.39 Å². The van der Waals surface area contributed by atoms with E-state index in [-0.39, 0.29) is 5.82 Å². The highest BCUT2D eigenvalue weighted by Gasteiger charge is 1.99. The predicted octanol–water partition coefficient (Wildman–Crippen LogP) is 1.81. The van der Waals surface area contributed by atoms with E-state index in [9.17, 15) is 4.39 Å². The minimum atomic E-state index is -0.158. The monoisotopic (exact) mass is 219 g/mol. The van der Waals surface area contributed by atoms with Gasteiger partial charge in [-0.1, -0.05) is 18.2 Å². The van der Waals surface area contributed by atoms with Crippen LogP contribution in [0.1, 0.15) is 5.56 Å². The number of nitrogens with zero attached hydrogens (tertiary/aromatic N) is 2. The second-order valence-corrected chi connectivity index (χ2v) is 3.54. The summed E-state index contributed by atoms with van der Waals surface area (Å²) in [7, 11) is 0. The van der Waals surface area contributed by atoms with E-state index in [1.54, 1.807) is 18.3 Å². The zero-order chi connectivity index (χ0) is 11.2. The first-order valence-corrected chi connectivity index (χ1v) is 5.28. The number of hydrogen-bond acceptors (Lipinski definition) is 2. The summed E-state index contributed by atoms with van der Waals surface area (Å²) in [5.74, 6) is -0.158. The molecule has 0 fully saturated rings. The van der Waals surface area contributed by atoms with Gasteiger partial charge in [0.05, 0.1) is 6.54 Å². The summed E-state index contributed by atoms with van der Waals surface area (Å²) in [4.78, 5) is 0. The van der Waals surface area contributed by atoms with Gasteiger partial charge in [-0.15, -0.1) is 0 Å². The van der Waals surface area contributed by atoms with Crippen molar-refractivity contribution in [3.63, 3.8) is 0 Å². The third kappa shape index (κ3) is 2.90. The zero-order valence-corrected chi connectivity index (χ0v) is 8.94. The topological polar surface area (TPSA) is 29.9 Å². The number of nitrogens with one attached hydrogen (secondary N) is 1. The molecular weight excluding hydrogens is 205 g/mol. The summed E-state index contributed by atoms with van der Waals surface area (Å²) < 4.78 is 15.1. The maximum atomic E-state index is 13.2. The Hall–Kier alpha value is -1.68. The fourth-order valence-electron chi connectivity index (χ4n) is 1.49. The predicted molar refractivity (Wildman–Crippen MR) is 60.3 cm³/mol. The Balaban J connectivity index is 1.74. The average molecular weight is 219 g/mol. The molecule has 0 unspecified atom stereocenters. The number of hydrogen-bond donors (Lipinski definition) is 1. The van der Waals surface area contributed by atoms with Crippen molar-refractivity contribution >= 4 is 0 Å². The summed E-state index contributed by atoms with van der Waals surface area (Å²) in [6.07, 6.45) is 3.65. The van der Waals surface area contributed by atoms with Crippen molar-refractivity contribution in [3.8, 4) is 0 Å². The van der Waals surface area contributed by atoms with E-state index in [4.69, 9.17) is 0 Å². The van der Waals surface area contributed by atoms with Gasteiger partial charge >= 0.3 is 0 Å². The van der Waals surface area contributed by atoms with Crippen LogP contribution < -0.4 is 5.32 Å². The number of benzene rings is 1. The van der Waals surface area contributed by atoms with Gasteiger partial charge in [0, 0.05) is 31.0 Å². The van der Waals surface area contributed by atoms with E-state index < -0.39 is 0 Å². The van der Waals surface area contributed by atoms with Crippen molar-refractivity contribution in [3.05, 3.63) is 54.1 Å². The molecule has 0 saturated carbocycles. The van der Waals surface area contributed by atoms with Crippen LogP contribution in [0.4, 0.5) is 4.39 Å². The van der Waals surface area contributed by atoms with Gasteiger partial charge in [0.25, 0.3) is 0 Å². The van der Waals surface area contributed by atoms with Crippen molar-refractivity contribution in [1.29, 1.82) is 0 Å². The highest BCUT2D eigenvalue weighted by atomic mass is 19.1. The molecule has 1 heterocycles. The molecular formula is C12H14FN3. The van der Waals surface area contributed by atoms with Crippen molar-refractivity contribution in [2.24, 2.45) is 0 Å². The van der Waals surface area contributed by atoms with E-state index in [1.165, 1.54) is 6.07 Å². The van der Waals surface area contributed by atoms with Crippen LogP contribution in [0.25, 0.3) is 0 Å². The average Bonchev–Trinajstić information content (AvgIpc) is 2.79. The maximum Gasteiger partial charge on any atom is 0.127 e. The fraction of sp³-hybridized carbons (Fsp3) is 0.250. The molecule has 1 aromatic carbocycles. The van der Waals surface area contributed by atoms with Crippen LogP contribution >= 0.6 is 0 Å². The molecule has 4 heteroatoms. The van der Waals surface area contributed by atoms with Gasteiger partial charge in [-0.25, -0.2) is 4.39 Å². The quantitative estimate of drug-likeness (QED) is 0.777. The number of halogens is 1. The minimum absolute atomic E-state index is 0.158. The lowest BCUT2D eigenvalue weighted by atomic mass is 10.2. The lowest BCUT2D eigenvalue weighted by Gasteiger charge is -2.05. The van der Waals surface area contributed by atoms with Gasteiger partial charge in [-0.2, -0.15) is 5.10 Å². The second kappa shape index (κ2) is 5.42. The first-order chi connectivity index (χ1) is 7.86. The van der Waals surface area contributed by atoms with E-state index in [0.29, 0.717) is 12.1 Å². The van der Waals surface area contributed by atoms with Crippen LogP contribution in [-0.2, 0) is 13.1 Å². The van der Waals surface area contributed by atoms with Gasteiger partial charge in [0.2, 0.25) is 0 Å². The molecule has 1 N–H and O–H groups in total. The molecule has 0 amide bonds. The maximum absolute atomic E-state index is 13.2. The van der Waals surface area contributed by atoms with Gasteiger partial charge in [0.15, 0.2) is 0 Å². The standard InChI is InChI=1S/C12H14FN3/c13-12-5-2-1-4-11(12)10-14-7-9-16-8-3-6-15-16/h1-6,8,14H,7,9-10H2. The van der Waals surface area contributed by atoms with Gasteiger partial charge in [0.1, 0.15) is 5.82 Å². The molecule has 2 aromatic rings. The molecule has 0 radical (unpaired) electrons. The number of aromatic nitrogens is 2. The SMILES string of the molecule is Fc1ccccc1CNCCn1cccn1. The lowest BCUT2D eigenvalue weighted by molar-refractivity contribution is 0.540. The molecule has 0 saturated heterocycles. The summed E-state index contributed by atoms with van der Waals surface area (Å²) in [5.41, 5.74) is 0.697. The Bertz CT molecular complexity index is 426. The normalized spacial score (nSPS) is 10.6. The summed E-state index contributed by atoms with van der Waals surface area (Å²) in [6, 6.07) is 8.69. The Morgan fingerprint density at radius 3 is 2.88 bits per heavy atom. The fourth-order valence-corrected chi connectivity index (χ4v) is 1.49. The van der Waals surface area contributed by atoms with E-state index in [2.05, 4.69) is 10.4 Å². The van der Waals surface area contributed by atoms with E-state index in [0.717, 1.165) is 13.1 Å². The first-order valence-electron chi connectivity index (χ1n) is 5.28. The highest BCUT2D eigenvalue weighted by Crippen LogP contribution is 2.05. The van der Waals surface area contributed by atoms with E-state index >= 15 is 0 Å². The highest BCUT2D eigenvalue weighted by molar-refractivity contribution is 5.16. The molecule has 0 spiro atoms. The first kappa shape index (κ1) is 10.8. The molecule has 1 aromatic heterocycles. The molecule has 84 valence electrons. The summed E-state index contributed by atoms with van der Waals surface area (Å²) in [6.45, 7) is 2.12. The summed E-state index contributed by atoms with van der Waals surface area (Å²) >= 11 is 0. The van der Waals surface area contributed by atoms with Crippen LogP contribution in [0.2, 0.25) is 0 Å². The van der Waals surface area contributed by atoms with Gasteiger partial charge in [-0.05, 0) is 12.1 Å². The Morgan fingerprint density at radius 2 is 2.12 bits per heavy atom. The molecule has 16 heavy (non-hydrogen) atoms. The second-order valence-electron chi connectivity index (χ2n) is 3.54. The van der Waals surface area contributed by atoms with Crippen molar-refractivity contribution in [1.82, 2.24) is 15.1 Å². The molecule has 2 rings (SSSR count). The van der Waals surface area contributed by atoms with Crippen LogP contribution in [-0.4, -0.2) is 16.3 Å².